The van der Waals surface area contributed by atoms with Gasteiger partial charge in [0.25, 0.3) is 0 Å². The Bertz CT molecular complexity index is 2170. The Labute approximate surface area is 245 Å². The first kappa shape index (κ1) is 24.2. The third-order valence-corrected chi connectivity index (χ3v) is 8.17. The summed E-state index contributed by atoms with van der Waals surface area (Å²) in [6, 6.07) is 60.9. The van der Waals surface area contributed by atoms with Gasteiger partial charge in [-0.1, -0.05) is 121 Å². The number of hydrogen-bond acceptors (Lipinski definition) is 1. The molecule has 1 aromatic heterocycles. The summed E-state index contributed by atoms with van der Waals surface area (Å²) in [4.78, 5) is 2.38. The number of benzene rings is 7. The van der Waals surface area contributed by atoms with Crippen molar-refractivity contribution >= 4 is 49.6 Å². The van der Waals surface area contributed by atoms with Crippen LogP contribution in [0.15, 0.2) is 170 Å². The average Bonchev–Trinajstić information content (AvgIpc) is 3.40. The molecule has 198 valence electrons. The van der Waals surface area contributed by atoms with Gasteiger partial charge in [-0.05, 0) is 65.0 Å². The molecule has 0 bridgehead atoms. The summed E-state index contributed by atoms with van der Waals surface area (Å²) in [6.45, 7) is 0. The highest BCUT2D eigenvalue weighted by Crippen LogP contribution is 2.41. The van der Waals surface area contributed by atoms with E-state index in [0.717, 1.165) is 22.7 Å². The Kier molecular flexibility index (Phi) is 5.82. The first-order valence-corrected chi connectivity index (χ1v) is 14.4. The Morgan fingerprint density at radius 1 is 0.381 bits per heavy atom. The molecule has 0 saturated heterocycles. The summed E-state index contributed by atoms with van der Waals surface area (Å²) in [5.41, 5.74) is 9.38. The van der Waals surface area contributed by atoms with E-state index in [-0.39, 0.29) is 0 Å². The van der Waals surface area contributed by atoms with Crippen molar-refractivity contribution in [2.24, 2.45) is 0 Å². The van der Waals surface area contributed by atoms with Gasteiger partial charge >= 0.3 is 0 Å². The summed E-state index contributed by atoms with van der Waals surface area (Å²) in [7, 11) is 0. The first-order valence-electron chi connectivity index (χ1n) is 14.4. The Morgan fingerprint density at radius 2 is 1.00 bits per heavy atom. The van der Waals surface area contributed by atoms with Gasteiger partial charge in [0.2, 0.25) is 0 Å². The molecule has 7 aromatic carbocycles. The average molecular weight is 537 g/mol. The molecule has 8 rings (SSSR count). The van der Waals surface area contributed by atoms with Crippen molar-refractivity contribution in [1.29, 1.82) is 0 Å². The van der Waals surface area contributed by atoms with Gasteiger partial charge in [-0.15, -0.1) is 0 Å². The molecule has 0 atom stereocenters. The van der Waals surface area contributed by atoms with Crippen molar-refractivity contribution in [3.63, 3.8) is 0 Å². The van der Waals surface area contributed by atoms with Gasteiger partial charge in [0, 0.05) is 33.2 Å². The highest BCUT2D eigenvalue weighted by atomic mass is 15.1. The zero-order valence-corrected chi connectivity index (χ0v) is 23.1. The van der Waals surface area contributed by atoms with Crippen LogP contribution in [0, 0.1) is 0 Å². The summed E-state index contributed by atoms with van der Waals surface area (Å²) in [5.74, 6) is 0. The van der Waals surface area contributed by atoms with Gasteiger partial charge in [-0.3, -0.25) is 0 Å². The van der Waals surface area contributed by atoms with Gasteiger partial charge in [-0.25, -0.2) is 0 Å². The lowest BCUT2D eigenvalue weighted by atomic mass is 10.1. The fraction of sp³-hybridized carbons (Fsp3) is 0. The normalized spacial score (nSPS) is 11.3. The molecular formula is C40H28N2. The standard InChI is InChI=1S/C40H28N2/c1-3-12-29(13-4-1)30-22-24-33(25-23-30)42-39-20-10-9-19-36(39)37-27-26-34(28-40(37)42)41(32-16-5-2-6-17-32)38-21-11-15-31-14-7-8-18-35(31)38/h1-28H. The van der Waals surface area contributed by atoms with E-state index in [1.165, 1.54) is 43.7 Å². The largest absolute Gasteiger partial charge is 0.310 e. The van der Waals surface area contributed by atoms with Crippen molar-refractivity contribution in [2.75, 3.05) is 4.90 Å². The van der Waals surface area contributed by atoms with E-state index in [2.05, 4.69) is 179 Å². The number of anilines is 3. The third kappa shape index (κ3) is 4.05. The van der Waals surface area contributed by atoms with E-state index in [1.807, 2.05) is 0 Å². The minimum Gasteiger partial charge on any atom is -0.310 e. The topological polar surface area (TPSA) is 8.17 Å². The molecular weight excluding hydrogens is 508 g/mol. The number of para-hydroxylation sites is 2. The van der Waals surface area contributed by atoms with Crippen molar-refractivity contribution in [3.8, 4) is 16.8 Å². The fourth-order valence-electron chi connectivity index (χ4n) is 6.22. The molecule has 0 spiro atoms. The molecule has 0 aliphatic carbocycles. The molecule has 0 amide bonds. The van der Waals surface area contributed by atoms with E-state index in [4.69, 9.17) is 0 Å². The zero-order valence-electron chi connectivity index (χ0n) is 23.1. The van der Waals surface area contributed by atoms with Crippen molar-refractivity contribution < 1.29 is 0 Å². The van der Waals surface area contributed by atoms with Crippen LogP contribution in [-0.4, -0.2) is 4.57 Å². The third-order valence-electron chi connectivity index (χ3n) is 8.17. The van der Waals surface area contributed by atoms with Crippen LogP contribution >= 0.6 is 0 Å². The van der Waals surface area contributed by atoms with Crippen LogP contribution < -0.4 is 4.90 Å². The summed E-state index contributed by atoms with van der Waals surface area (Å²) in [6.07, 6.45) is 0. The number of fused-ring (bicyclic) bond motifs is 4. The Morgan fingerprint density at radius 3 is 1.81 bits per heavy atom. The summed E-state index contributed by atoms with van der Waals surface area (Å²) < 4.78 is 2.40. The Balaban J connectivity index is 1.36. The second-order valence-electron chi connectivity index (χ2n) is 10.6. The molecule has 0 unspecified atom stereocenters. The smallest absolute Gasteiger partial charge is 0.0561 e. The number of hydrogen-bond donors (Lipinski definition) is 0. The van der Waals surface area contributed by atoms with Crippen molar-refractivity contribution in [1.82, 2.24) is 4.57 Å². The van der Waals surface area contributed by atoms with E-state index < -0.39 is 0 Å². The minimum absolute atomic E-state index is 1.12. The van der Waals surface area contributed by atoms with Crippen LogP contribution in [-0.2, 0) is 0 Å². The maximum Gasteiger partial charge on any atom is 0.0561 e. The maximum absolute atomic E-state index is 2.40. The molecule has 0 aliphatic heterocycles. The fourth-order valence-corrected chi connectivity index (χ4v) is 6.22. The van der Waals surface area contributed by atoms with E-state index in [9.17, 15) is 0 Å². The van der Waals surface area contributed by atoms with Crippen LogP contribution in [0.4, 0.5) is 17.1 Å². The lowest BCUT2D eigenvalue weighted by molar-refractivity contribution is 1.18. The highest BCUT2D eigenvalue weighted by Gasteiger charge is 2.18. The van der Waals surface area contributed by atoms with Crippen molar-refractivity contribution in [2.45, 2.75) is 0 Å². The number of nitrogens with zero attached hydrogens (tertiary/aromatic N) is 2. The highest BCUT2D eigenvalue weighted by molar-refractivity contribution is 6.11. The van der Waals surface area contributed by atoms with Gasteiger partial charge in [0.1, 0.15) is 0 Å². The van der Waals surface area contributed by atoms with E-state index in [1.54, 1.807) is 0 Å². The molecule has 2 heteroatoms. The second-order valence-corrected chi connectivity index (χ2v) is 10.6. The number of aromatic nitrogens is 1. The second kappa shape index (κ2) is 10.1. The molecule has 0 saturated carbocycles. The monoisotopic (exact) mass is 536 g/mol. The lowest BCUT2D eigenvalue weighted by Gasteiger charge is -2.27. The maximum atomic E-state index is 2.40. The van der Waals surface area contributed by atoms with E-state index in [0.29, 0.717) is 0 Å². The van der Waals surface area contributed by atoms with Gasteiger partial charge in [0.15, 0.2) is 0 Å². The van der Waals surface area contributed by atoms with Crippen LogP contribution in [0.5, 0.6) is 0 Å². The van der Waals surface area contributed by atoms with Crippen molar-refractivity contribution in [3.05, 3.63) is 170 Å². The molecule has 2 nitrogen and oxygen atoms in total. The molecule has 0 aliphatic rings. The molecule has 8 aromatic rings. The van der Waals surface area contributed by atoms with Crippen LogP contribution in [0.25, 0.3) is 49.4 Å². The molecule has 0 fully saturated rings. The van der Waals surface area contributed by atoms with Crippen LogP contribution in [0.1, 0.15) is 0 Å². The number of rotatable bonds is 5. The van der Waals surface area contributed by atoms with E-state index >= 15 is 0 Å². The lowest BCUT2D eigenvalue weighted by Crippen LogP contribution is -2.10. The predicted octanol–water partition coefficient (Wildman–Crippen LogP) is 11.1. The molecule has 0 radical (unpaired) electrons. The molecule has 42 heavy (non-hydrogen) atoms. The van der Waals surface area contributed by atoms with Crippen LogP contribution in [0.3, 0.4) is 0 Å². The summed E-state index contributed by atoms with van der Waals surface area (Å²) >= 11 is 0. The molecule has 0 N–H and O–H groups in total. The Hall–Kier alpha value is -5.60. The quantitative estimate of drug-likeness (QED) is 0.212. The SMILES string of the molecule is c1ccc(-c2ccc(-n3c4ccccc4c4ccc(N(c5ccccc5)c5cccc6ccccc56)cc43)cc2)cc1. The van der Waals surface area contributed by atoms with Gasteiger partial charge in [0.05, 0.1) is 16.7 Å². The zero-order chi connectivity index (χ0) is 27.9. The van der Waals surface area contributed by atoms with Crippen LogP contribution in [0.2, 0.25) is 0 Å². The molecule has 1 heterocycles. The van der Waals surface area contributed by atoms with Gasteiger partial charge in [-0.2, -0.15) is 0 Å². The predicted molar refractivity (Wildman–Crippen MR) is 178 cm³/mol. The first-order chi connectivity index (χ1) is 20.8. The van der Waals surface area contributed by atoms with Gasteiger partial charge < -0.3 is 9.47 Å². The summed E-state index contributed by atoms with van der Waals surface area (Å²) in [5, 5.41) is 4.95. The minimum atomic E-state index is 1.12.